The molecule has 0 fully saturated rings. The number of carbonyl (C=O) groups is 1. The summed E-state index contributed by atoms with van der Waals surface area (Å²) in [4.78, 5) is 10.9. The van der Waals surface area contributed by atoms with E-state index in [9.17, 15) is 4.79 Å². The summed E-state index contributed by atoms with van der Waals surface area (Å²) in [6.45, 7) is 4.62. The third kappa shape index (κ3) is 3.45. The van der Waals surface area contributed by atoms with Crippen LogP contribution in [0.3, 0.4) is 0 Å². The van der Waals surface area contributed by atoms with E-state index in [-0.39, 0.29) is 11.9 Å². The second-order valence-corrected chi connectivity index (χ2v) is 2.23. The Kier molecular flexibility index (Phi) is 4.94. The lowest BCUT2D eigenvalue weighted by Crippen LogP contribution is -2.17. The highest BCUT2D eigenvalue weighted by Crippen LogP contribution is 2.01. The summed E-state index contributed by atoms with van der Waals surface area (Å²) in [6.07, 6.45) is 0.707. The van der Waals surface area contributed by atoms with Gasteiger partial charge < -0.3 is 10.5 Å². The summed E-state index contributed by atoms with van der Waals surface area (Å²) in [7, 11) is 0. The van der Waals surface area contributed by atoms with E-state index in [0.717, 1.165) is 0 Å². The highest BCUT2D eigenvalue weighted by Gasteiger charge is 2.11. The average Bonchev–Trinajstić information content (AvgIpc) is 1.89. The highest BCUT2D eigenvalue weighted by molar-refractivity contribution is 5.71. The molecule has 60 valence electrons. The van der Waals surface area contributed by atoms with Crippen molar-refractivity contribution >= 4 is 5.97 Å². The van der Waals surface area contributed by atoms with Gasteiger partial charge >= 0.3 is 5.97 Å². The van der Waals surface area contributed by atoms with Gasteiger partial charge in [-0.1, -0.05) is 6.92 Å². The van der Waals surface area contributed by atoms with Crippen molar-refractivity contribution in [3.05, 3.63) is 0 Å². The lowest BCUT2D eigenvalue weighted by molar-refractivity contribution is -0.147. The zero-order chi connectivity index (χ0) is 7.98. The van der Waals surface area contributed by atoms with Gasteiger partial charge in [-0.3, -0.25) is 4.79 Å². The maximum absolute atomic E-state index is 10.9. The molecule has 0 amide bonds. The Balaban J connectivity index is 3.49. The van der Waals surface area contributed by atoms with Crippen LogP contribution in [0.5, 0.6) is 0 Å². The third-order valence-corrected chi connectivity index (χ3v) is 1.29. The van der Waals surface area contributed by atoms with Crippen molar-refractivity contribution in [3.63, 3.8) is 0 Å². The maximum atomic E-state index is 10.9. The Hall–Kier alpha value is -0.570. The van der Waals surface area contributed by atoms with Gasteiger partial charge in [-0.25, -0.2) is 0 Å². The Bertz CT molecular complexity index is 104. The van der Waals surface area contributed by atoms with E-state index >= 15 is 0 Å². The molecule has 0 unspecified atom stereocenters. The number of rotatable bonds is 4. The Labute approximate surface area is 61.5 Å². The number of carbonyl (C=O) groups excluding carboxylic acids is 1. The fourth-order valence-corrected chi connectivity index (χ4v) is 0.652. The van der Waals surface area contributed by atoms with Crippen molar-refractivity contribution in [2.45, 2.75) is 20.3 Å². The lowest BCUT2D eigenvalue weighted by Gasteiger charge is -2.07. The first-order chi connectivity index (χ1) is 4.72. The van der Waals surface area contributed by atoms with Gasteiger partial charge in [0.05, 0.1) is 12.5 Å². The van der Waals surface area contributed by atoms with Crippen LogP contribution in [-0.2, 0) is 9.53 Å². The predicted molar refractivity (Wildman–Crippen MR) is 39.5 cm³/mol. The molecular formula is C7H15NO2. The second-order valence-electron chi connectivity index (χ2n) is 2.23. The molecule has 3 heteroatoms. The lowest BCUT2D eigenvalue weighted by atomic mass is 10.1. The molecular weight excluding hydrogens is 130 g/mol. The summed E-state index contributed by atoms with van der Waals surface area (Å²) in [6, 6.07) is 0. The zero-order valence-electron chi connectivity index (χ0n) is 6.59. The van der Waals surface area contributed by atoms with E-state index in [4.69, 9.17) is 10.5 Å². The van der Waals surface area contributed by atoms with E-state index in [0.29, 0.717) is 19.6 Å². The van der Waals surface area contributed by atoms with E-state index in [1.807, 2.05) is 6.92 Å². The van der Waals surface area contributed by atoms with Gasteiger partial charge in [-0.15, -0.1) is 0 Å². The molecule has 10 heavy (non-hydrogen) atoms. The molecule has 0 saturated carbocycles. The molecule has 0 aromatic carbocycles. The predicted octanol–water partition coefficient (Wildman–Crippen LogP) is 0.534. The first-order valence-electron chi connectivity index (χ1n) is 3.59. The van der Waals surface area contributed by atoms with Crippen LogP contribution in [0.25, 0.3) is 0 Å². The molecule has 0 saturated heterocycles. The molecule has 2 N–H and O–H groups in total. The zero-order valence-corrected chi connectivity index (χ0v) is 6.59. The van der Waals surface area contributed by atoms with Crippen molar-refractivity contribution in [3.8, 4) is 0 Å². The molecule has 0 aliphatic carbocycles. The standard InChI is InChI=1S/C7H15NO2/c1-3-10-7(9)6(2)4-5-8/h6H,3-5,8H2,1-2H3/t6-/m1/s1. The fourth-order valence-electron chi connectivity index (χ4n) is 0.652. The minimum absolute atomic E-state index is 0.0510. The number of esters is 1. The number of hydrogen-bond donors (Lipinski definition) is 1. The molecule has 0 aromatic heterocycles. The molecule has 0 bridgehead atoms. The van der Waals surface area contributed by atoms with Crippen LogP contribution < -0.4 is 5.73 Å². The molecule has 0 rings (SSSR count). The van der Waals surface area contributed by atoms with Crippen LogP contribution in [0, 0.1) is 5.92 Å². The summed E-state index contributed by atoms with van der Waals surface area (Å²) in [5, 5.41) is 0. The molecule has 0 radical (unpaired) electrons. The van der Waals surface area contributed by atoms with Crippen LogP contribution in [-0.4, -0.2) is 19.1 Å². The fraction of sp³-hybridized carbons (Fsp3) is 0.857. The van der Waals surface area contributed by atoms with Gasteiger partial charge in [0.25, 0.3) is 0 Å². The summed E-state index contributed by atoms with van der Waals surface area (Å²) in [5.41, 5.74) is 5.26. The maximum Gasteiger partial charge on any atom is 0.308 e. The summed E-state index contributed by atoms with van der Waals surface area (Å²) >= 11 is 0. The van der Waals surface area contributed by atoms with E-state index < -0.39 is 0 Å². The summed E-state index contributed by atoms with van der Waals surface area (Å²) in [5.74, 6) is -0.196. The highest BCUT2D eigenvalue weighted by atomic mass is 16.5. The second kappa shape index (κ2) is 5.23. The monoisotopic (exact) mass is 145 g/mol. The first-order valence-corrected chi connectivity index (χ1v) is 3.59. The molecule has 1 atom stereocenters. The smallest absolute Gasteiger partial charge is 0.308 e. The Morgan fingerprint density at radius 3 is 2.70 bits per heavy atom. The quantitative estimate of drug-likeness (QED) is 0.587. The molecule has 0 heterocycles. The molecule has 0 aliphatic heterocycles. The van der Waals surface area contributed by atoms with Crippen molar-refractivity contribution in [2.24, 2.45) is 11.7 Å². The van der Waals surface area contributed by atoms with Crippen molar-refractivity contribution < 1.29 is 9.53 Å². The van der Waals surface area contributed by atoms with Crippen LogP contribution in [0.1, 0.15) is 20.3 Å². The normalized spacial score (nSPS) is 12.7. The van der Waals surface area contributed by atoms with Crippen LogP contribution in [0.4, 0.5) is 0 Å². The Morgan fingerprint density at radius 1 is 1.70 bits per heavy atom. The van der Waals surface area contributed by atoms with E-state index in [1.165, 1.54) is 0 Å². The first kappa shape index (κ1) is 9.43. The van der Waals surface area contributed by atoms with Crippen LogP contribution in [0.2, 0.25) is 0 Å². The van der Waals surface area contributed by atoms with Crippen molar-refractivity contribution in [1.82, 2.24) is 0 Å². The molecule has 3 nitrogen and oxygen atoms in total. The van der Waals surface area contributed by atoms with Gasteiger partial charge in [-0.2, -0.15) is 0 Å². The van der Waals surface area contributed by atoms with Crippen molar-refractivity contribution in [1.29, 1.82) is 0 Å². The summed E-state index contributed by atoms with van der Waals surface area (Å²) < 4.78 is 4.76. The number of ether oxygens (including phenoxy) is 1. The van der Waals surface area contributed by atoms with Crippen LogP contribution in [0.15, 0.2) is 0 Å². The average molecular weight is 145 g/mol. The minimum atomic E-state index is -0.145. The number of nitrogens with two attached hydrogens (primary N) is 1. The minimum Gasteiger partial charge on any atom is -0.466 e. The van der Waals surface area contributed by atoms with Crippen molar-refractivity contribution in [2.75, 3.05) is 13.2 Å². The molecule has 0 spiro atoms. The van der Waals surface area contributed by atoms with Gasteiger partial charge in [0.2, 0.25) is 0 Å². The van der Waals surface area contributed by atoms with E-state index in [1.54, 1.807) is 6.92 Å². The van der Waals surface area contributed by atoms with E-state index in [2.05, 4.69) is 0 Å². The third-order valence-electron chi connectivity index (χ3n) is 1.29. The molecule has 0 aromatic rings. The van der Waals surface area contributed by atoms with Gasteiger partial charge in [0.15, 0.2) is 0 Å². The number of hydrogen-bond acceptors (Lipinski definition) is 3. The topological polar surface area (TPSA) is 52.3 Å². The van der Waals surface area contributed by atoms with Crippen LogP contribution >= 0.6 is 0 Å². The van der Waals surface area contributed by atoms with Gasteiger partial charge in [0.1, 0.15) is 0 Å². The largest absolute Gasteiger partial charge is 0.466 e. The Morgan fingerprint density at radius 2 is 2.30 bits per heavy atom. The molecule has 0 aliphatic rings. The SMILES string of the molecule is CCOC(=O)[C@H](C)CCN. The van der Waals surface area contributed by atoms with Gasteiger partial charge in [-0.05, 0) is 19.9 Å². The van der Waals surface area contributed by atoms with Gasteiger partial charge in [0, 0.05) is 0 Å².